The Morgan fingerprint density at radius 1 is 1.19 bits per heavy atom. The highest BCUT2D eigenvalue weighted by Crippen LogP contribution is 2.33. The summed E-state index contributed by atoms with van der Waals surface area (Å²) in [6.07, 6.45) is 1.66. The first kappa shape index (κ1) is 16.7. The maximum Gasteiger partial charge on any atom is 0.0624 e. The van der Waals surface area contributed by atoms with Crippen LogP contribution >= 0.6 is 34.8 Å². The lowest BCUT2D eigenvalue weighted by Crippen LogP contribution is -2.34. The molecule has 2 aromatic rings. The van der Waals surface area contributed by atoms with E-state index >= 15 is 0 Å². The second-order valence-corrected chi connectivity index (χ2v) is 6.31. The molecule has 21 heavy (non-hydrogen) atoms. The summed E-state index contributed by atoms with van der Waals surface area (Å²) in [5.74, 6) is 0.868. The molecule has 2 nitrogen and oxygen atoms in total. The molecule has 1 aromatic heterocycles. The Labute approximate surface area is 141 Å². The van der Waals surface area contributed by atoms with Crippen molar-refractivity contribution in [2.24, 2.45) is 7.05 Å². The molecule has 114 valence electrons. The maximum atomic E-state index is 6.30. The molecule has 0 aliphatic heterocycles. The lowest BCUT2D eigenvalue weighted by Gasteiger charge is -2.30. The molecule has 5 heteroatoms. The predicted octanol–water partition coefficient (Wildman–Crippen LogP) is 4.59. The van der Waals surface area contributed by atoms with Gasteiger partial charge in [-0.25, -0.2) is 0 Å². The van der Waals surface area contributed by atoms with Crippen molar-refractivity contribution in [2.75, 3.05) is 11.8 Å². The maximum absolute atomic E-state index is 6.30. The van der Waals surface area contributed by atoms with Gasteiger partial charge in [0.05, 0.1) is 5.69 Å². The number of alkyl halides is 2. The van der Waals surface area contributed by atoms with Crippen molar-refractivity contribution < 1.29 is 0 Å². The normalized spacial score (nSPS) is 11.9. The van der Waals surface area contributed by atoms with E-state index in [1.165, 1.54) is 0 Å². The molecule has 0 atom stereocenters. The van der Waals surface area contributed by atoms with Crippen molar-refractivity contribution >= 4 is 34.8 Å². The van der Waals surface area contributed by atoms with Crippen molar-refractivity contribution in [1.29, 1.82) is 0 Å². The molecule has 0 bridgehead atoms. The topological polar surface area (TPSA) is 17.8 Å². The van der Waals surface area contributed by atoms with Gasteiger partial charge in [0.1, 0.15) is 0 Å². The van der Waals surface area contributed by atoms with E-state index in [2.05, 4.69) is 18.1 Å². The van der Waals surface area contributed by atoms with Crippen molar-refractivity contribution in [3.63, 3.8) is 0 Å². The van der Waals surface area contributed by atoms with Gasteiger partial charge in [0.15, 0.2) is 0 Å². The number of rotatable bonds is 6. The van der Waals surface area contributed by atoms with Crippen LogP contribution in [0, 0.1) is 0 Å². The van der Waals surface area contributed by atoms with Crippen LogP contribution in [-0.2, 0) is 25.3 Å². The van der Waals surface area contributed by atoms with Crippen LogP contribution in [0.5, 0.6) is 0 Å². The molecule has 0 radical (unpaired) electrons. The first-order valence-electron chi connectivity index (χ1n) is 6.94. The second-order valence-electron chi connectivity index (χ2n) is 5.34. The minimum absolute atomic E-state index is 0.340. The first-order valence-corrected chi connectivity index (χ1v) is 8.39. The van der Waals surface area contributed by atoms with Crippen LogP contribution < -0.4 is 0 Å². The fraction of sp³-hybridized carbons (Fsp3) is 0.438. The van der Waals surface area contributed by atoms with Gasteiger partial charge in [0.2, 0.25) is 0 Å². The molecule has 0 unspecified atom stereocenters. The van der Waals surface area contributed by atoms with Crippen LogP contribution in [0.1, 0.15) is 23.9 Å². The molecular formula is C16H19Cl3N2. The average molecular weight is 346 g/mol. The summed E-state index contributed by atoms with van der Waals surface area (Å²) in [5, 5.41) is 5.20. The summed E-state index contributed by atoms with van der Waals surface area (Å²) in [6, 6.07) is 9.90. The number of hydrogen-bond acceptors (Lipinski definition) is 1. The van der Waals surface area contributed by atoms with Crippen LogP contribution in [0.15, 0.2) is 30.3 Å². The zero-order valence-electron chi connectivity index (χ0n) is 12.2. The molecular weight excluding hydrogens is 327 g/mol. The summed E-state index contributed by atoms with van der Waals surface area (Å²) in [7, 11) is 1.96. The van der Waals surface area contributed by atoms with Crippen molar-refractivity contribution in [3.05, 3.63) is 52.3 Å². The number of benzene rings is 1. The quantitative estimate of drug-likeness (QED) is 0.700. The van der Waals surface area contributed by atoms with Gasteiger partial charge in [-0.05, 0) is 30.2 Å². The van der Waals surface area contributed by atoms with Gasteiger partial charge < -0.3 is 0 Å². The van der Waals surface area contributed by atoms with E-state index in [0.717, 1.165) is 29.8 Å². The fourth-order valence-corrected chi connectivity index (χ4v) is 3.43. The average Bonchev–Trinajstić information content (AvgIpc) is 2.85. The Hall–Kier alpha value is -0.700. The molecule has 0 saturated heterocycles. The van der Waals surface area contributed by atoms with Gasteiger partial charge in [-0.15, -0.1) is 23.2 Å². The van der Waals surface area contributed by atoms with Gasteiger partial charge in [-0.3, -0.25) is 4.68 Å². The number of aromatic nitrogens is 2. The molecule has 1 aromatic carbocycles. The summed E-state index contributed by atoms with van der Waals surface area (Å²) < 4.78 is 1.91. The van der Waals surface area contributed by atoms with E-state index < -0.39 is 0 Å². The summed E-state index contributed by atoms with van der Waals surface area (Å²) in [6.45, 7) is 2.10. The van der Waals surface area contributed by atoms with Crippen LogP contribution in [0.2, 0.25) is 5.02 Å². The van der Waals surface area contributed by atoms with Crippen LogP contribution in [0.4, 0.5) is 0 Å². The number of halogens is 3. The summed E-state index contributed by atoms with van der Waals surface area (Å²) in [5.41, 5.74) is 2.94. The van der Waals surface area contributed by atoms with E-state index in [1.807, 2.05) is 36.0 Å². The van der Waals surface area contributed by atoms with Gasteiger partial charge in [0.25, 0.3) is 0 Å². The highest BCUT2D eigenvalue weighted by Gasteiger charge is 2.32. The molecule has 2 rings (SSSR count). The van der Waals surface area contributed by atoms with E-state index in [0.29, 0.717) is 16.8 Å². The van der Waals surface area contributed by atoms with Crippen LogP contribution in [0.25, 0.3) is 0 Å². The molecule has 0 fully saturated rings. The van der Waals surface area contributed by atoms with E-state index in [9.17, 15) is 0 Å². The molecule has 0 N–H and O–H groups in total. The highest BCUT2D eigenvalue weighted by atomic mass is 35.5. The summed E-state index contributed by atoms with van der Waals surface area (Å²) in [4.78, 5) is 0. The fourth-order valence-electron chi connectivity index (χ4n) is 2.46. The van der Waals surface area contributed by atoms with Gasteiger partial charge in [-0.2, -0.15) is 5.10 Å². The van der Waals surface area contributed by atoms with Crippen molar-refractivity contribution in [3.8, 4) is 0 Å². The van der Waals surface area contributed by atoms with Gasteiger partial charge in [-0.1, -0.05) is 30.7 Å². The minimum atomic E-state index is -0.340. The molecule has 1 heterocycles. The monoisotopic (exact) mass is 344 g/mol. The summed E-state index contributed by atoms with van der Waals surface area (Å²) >= 11 is 18.7. The Morgan fingerprint density at radius 2 is 1.90 bits per heavy atom. The highest BCUT2D eigenvalue weighted by molar-refractivity contribution is 6.30. The lowest BCUT2D eigenvalue weighted by atomic mass is 9.80. The third-order valence-corrected chi connectivity index (χ3v) is 5.12. The Morgan fingerprint density at radius 3 is 2.43 bits per heavy atom. The smallest absolute Gasteiger partial charge is 0.0624 e. The minimum Gasteiger partial charge on any atom is -0.272 e. The van der Waals surface area contributed by atoms with Crippen LogP contribution in [-0.4, -0.2) is 21.5 Å². The van der Waals surface area contributed by atoms with Gasteiger partial charge in [0, 0.05) is 41.4 Å². The van der Waals surface area contributed by atoms with Crippen molar-refractivity contribution in [2.45, 2.75) is 25.2 Å². The third-order valence-electron chi connectivity index (χ3n) is 3.86. The van der Waals surface area contributed by atoms with E-state index in [1.54, 1.807) is 0 Å². The zero-order valence-corrected chi connectivity index (χ0v) is 14.5. The van der Waals surface area contributed by atoms with E-state index in [4.69, 9.17) is 34.8 Å². The zero-order chi connectivity index (χ0) is 15.5. The Balaban J connectivity index is 2.40. The number of aryl methyl sites for hydroxylation is 2. The SMILES string of the molecule is CCc1cc(CC(CCl)(CCl)c2cccc(Cl)c2)n(C)n1. The predicted molar refractivity (Wildman–Crippen MR) is 90.9 cm³/mol. The molecule has 0 aliphatic rings. The van der Waals surface area contributed by atoms with Crippen molar-refractivity contribution in [1.82, 2.24) is 9.78 Å². The Kier molecular flexibility index (Phi) is 5.59. The van der Waals surface area contributed by atoms with E-state index in [-0.39, 0.29) is 5.41 Å². The molecule has 0 aliphatic carbocycles. The molecule has 0 spiro atoms. The third kappa shape index (κ3) is 3.56. The second kappa shape index (κ2) is 7.04. The molecule has 0 amide bonds. The first-order chi connectivity index (χ1) is 10.0. The number of nitrogens with zero attached hydrogens (tertiary/aromatic N) is 2. The van der Waals surface area contributed by atoms with Crippen LogP contribution in [0.3, 0.4) is 0 Å². The Bertz CT molecular complexity index is 603. The number of hydrogen-bond donors (Lipinski definition) is 0. The van der Waals surface area contributed by atoms with Gasteiger partial charge >= 0.3 is 0 Å². The lowest BCUT2D eigenvalue weighted by molar-refractivity contribution is 0.511. The standard InChI is InChI=1S/C16H19Cl3N2/c1-3-14-8-15(21(2)20-14)9-16(10-17,11-18)12-5-4-6-13(19)7-12/h4-8H,3,9-11H2,1-2H3. The molecule has 0 saturated carbocycles. The largest absolute Gasteiger partial charge is 0.272 e.